The van der Waals surface area contributed by atoms with E-state index in [4.69, 9.17) is 4.74 Å². The molecule has 19 heavy (non-hydrogen) atoms. The second-order valence-corrected chi connectivity index (χ2v) is 4.27. The van der Waals surface area contributed by atoms with E-state index < -0.39 is 23.7 Å². The number of hydrogen-bond acceptors (Lipinski definition) is 3. The normalized spacial score (nSPS) is 12.2. The average Bonchev–Trinajstić information content (AvgIpc) is 2.39. The van der Waals surface area contributed by atoms with E-state index in [1.807, 2.05) is 6.92 Å². The number of esters is 1. The standard InChI is InChI=1S/C14H18F2O3/c1-2-3-9-19-13(18)8-7-12(17)10-5-4-6-11(15)14(10)16/h4-6,12,17H,2-3,7-9H2,1H3. The van der Waals surface area contributed by atoms with Crippen molar-refractivity contribution in [1.82, 2.24) is 0 Å². The molecule has 0 amide bonds. The van der Waals surface area contributed by atoms with Gasteiger partial charge in [-0.25, -0.2) is 8.78 Å². The predicted molar refractivity (Wildman–Crippen MR) is 66.4 cm³/mol. The topological polar surface area (TPSA) is 46.5 Å². The third-order valence-electron chi connectivity index (χ3n) is 2.72. The Balaban J connectivity index is 2.44. The Labute approximate surface area is 111 Å². The smallest absolute Gasteiger partial charge is 0.305 e. The number of carbonyl (C=O) groups is 1. The second-order valence-electron chi connectivity index (χ2n) is 4.27. The van der Waals surface area contributed by atoms with Crippen molar-refractivity contribution in [3.63, 3.8) is 0 Å². The number of benzene rings is 1. The molecule has 1 unspecified atom stereocenters. The van der Waals surface area contributed by atoms with Gasteiger partial charge in [-0.2, -0.15) is 0 Å². The van der Waals surface area contributed by atoms with Crippen molar-refractivity contribution >= 4 is 5.97 Å². The molecule has 1 N–H and O–H groups in total. The molecule has 0 aromatic heterocycles. The summed E-state index contributed by atoms with van der Waals surface area (Å²) in [7, 11) is 0. The van der Waals surface area contributed by atoms with E-state index in [1.54, 1.807) is 0 Å². The molecule has 0 aliphatic heterocycles. The Bertz CT molecular complexity index is 421. The predicted octanol–water partition coefficient (Wildman–Crippen LogP) is 3.12. The third kappa shape index (κ3) is 4.95. The monoisotopic (exact) mass is 272 g/mol. The maximum absolute atomic E-state index is 13.4. The summed E-state index contributed by atoms with van der Waals surface area (Å²) in [5, 5.41) is 9.73. The molecule has 1 aromatic rings. The zero-order chi connectivity index (χ0) is 14.3. The van der Waals surface area contributed by atoms with Crippen LogP contribution in [0, 0.1) is 11.6 Å². The van der Waals surface area contributed by atoms with Crippen LogP contribution in [0.5, 0.6) is 0 Å². The average molecular weight is 272 g/mol. The summed E-state index contributed by atoms with van der Waals surface area (Å²) in [5.41, 5.74) is -0.138. The van der Waals surface area contributed by atoms with Crippen LogP contribution >= 0.6 is 0 Å². The van der Waals surface area contributed by atoms with Gasteiger partial charge in [0.25, 0.3) is 0 Å². The molecule has 0 bridgehead atoms. The molecular formula is C14H18F2O3. The minimum atomic E-state index is -1.21. The lowest BCUT2D eigenvalue weighted by Crippen LogP contribution is -2.09. The minimum absolute atomic E-state index is 0.00529. The van der Waals surface area contributed by atoms with Gasteiger partial charge in [-0.3, -0.25) is 4.79 Å². The first-order valence-electron chi connectivity index (χ1n) is 6.33. The molecule has 1 rings (SSSR count). The maximum atomic E-state index is 13.4. The van der Waals surface area contributed by atoms with Crippen molar-refractivity contribution < 1.29 is 23.4 Å². The second kappa shape index (κ2) is 7.84. The van der Waals surface area contributed by atoms with Crippen LogP contribution in [0.15, 0.2) is 18.2 Å². The zero-order valence-electron chi connectivity index (χ0n) is 10.9. The zero-order valence-corrected chi connectivity index (χ0v) is 10.9. The van der Waals surface area contributed by atoms with E-state index in [-0.39, 0.29) is 18.4 Å². The molecule has 0 saturated heterocycles. The van der Waals surface area contributed by atoms with Gasteiger partial charge in [0.05, 0.1) is 12.7 Å². The molecule has 0 spiro atoms. The number of hydrogen-bond donors (Lipinski definition) is 1. The fraction of sp³-hybridized carbons (Fsp3) is 0.500. The summed E-state index contributed by atoms with van der Waals surface area (Å²) in [6.07, 6.45) is 0.470. The molecule has 0 aliphatic rings. The van der Waals surface area contributed by atoms with Gasteiger partial charge in [0.2, 0.25) is 0 Å². The highest BCUT2D eigenvalue weighted by molar-refractivity contribution is 5.69. The van der Waals surface area contributed by atoms with Gasteiger partial charge in [0.15, 0.2) is 11.6 Å². The van der Waals surface area contributed by atoms with Crippen molar-refractivity contribution in [1.29, 1.82) is 0 Å². The lowest BCUT2D eigenvalue weighted by Gasteiger charge is -2.11. The quantitative estimate of drug-likeness (QED) is 0.612. The van der Waals surface area contributed by atoms with Gasteiger partial charge in [-0.1, -0.05) is 25.5 Å². The first-order valence-corrected chi connectivity index (χ1v) is 6.33. The first kappa shape index (κ1) is 15.6. The summed E-state index contributed by atoms with van der Waals surface area (Å²) < 4.78 is 31.2. The van der Waals surface area contributed by atoms with Crippen LogP contribution in [0.4, 0.5) is 8.78 Å². The third-order valence-corrected chi connectivity index (χ3v) is 2.72. The summed E-state index contributed by atoms with van der Waals surface area (Å²) >= 11 is 0. The lowest BCUT2D eigenvalue weighted by molar-refractivity contribution is -0.144. The molecule has 0 fully saturated rings. The number of unbranched alkanes of at least 4 members (excludes halogenated alkanes) is 1. The largest absolute Gasteiger partial charge is 0.466 e. The van der Waals surface area contributed by atoms with Crippen molar-refractivity contribution in [2.45, 2.75) is 38.7 Å². The molecule has 5 heteroatoms. The lowest BCUT2D eigenvalue weighted by atomic mass is 10.0. The van der Waals surface area contributed by atoms with Gasteiger partial charge in [0.1, 0.15) is 0 Å². The Morgan fingerprint density at radius 2 is 2.16 bits per heavy atom. The number of halogens is 2. The van der Waals surface area contributed by atoms with Gasteiger partial charge in [-0.05, 0) is 18.9 Å². The molecule has 106 valence electrons. The summed E-state index contributed by atoms with van der Waals surface area (Å²) in [4.78, 5) is 11.3. The van der Waals surface area contributed by atoms with Crippen LogP contribution in [-0.2, 0) is 9.53 Å². The van der Waals surface area contributed by atoms with Crippen LogP contribution in [-0.4, -0.2) is 17.7 Å². The maximum Gasteiger partial charge on any atom is 0.305 e. The molecular weight excluding hydrogens is 254 g/mol. The number of aliphatic hydroxyl groups excluding tert-OH is 1. The Kier molecular flexibility index (Phi) is 6.42. The molecule has 0 radical (unpaired) electrons. The van der Waals surface area contributed by atoms with E-state index in [1.165, 1.54) is 12.1 Å². The molecule has 0 saturated carbocycles. The molecule has 0 heterocycles. The molecule has 1 aromatic carbocycles. The fourth-order valence-corrected chi connectivity index (χ4v) is 1.59. The van der Waals surface area contributed by atoms with Crippen LogP contribution in [0.25, 0.3) is 0 Å². The number of rotatable bonds is 7. The van der Waals surface area contributed by atoms with E-state index in [9.17, 15) is 18.7 Å². The van der Waals surface area contributed by atoms with Crippen LogP contribution in [0.1, 0.15) is 44.3 Å². The minimum Gasteiger partial charge on any atom is -0.466 e. The summed E-state index contributed by atoms with van der Waals surface area (Å²) in [6.45, 7) is 2.32. The first-order chi connectivity index (χ1) is 9.06. The Morgan fingerprint density at radius 3 is 2.84 bits per heavy atom. The number of ether oxygens (including phenoxy) is 1. The van der Waals surface area contributed by atoms with Crippen molar-refractivity contribution in [3.05, 3.63) is 35.4 Å². The van der Waals surface area contributed by atoms with Gasteiger partial charge < -0.3 is 9.84 Å². The highest BCUT2D eigenvalue weighted by Gasteiger charge is 2.17. The highest BCUT2D eigenvalue weighted by atomic mass is 19.2. The van der Waals surface area contributed by atoms with Crippen LogP contribution in [0.3, 0.4) is 0 Å². The van der Waals surface area contributed by atoms with Gasteiger partial charge >= 0.3 is 5.97 Å². The summed E-state index contributed by atoms with van der Waals surface area (Å²) in [6, 6.07) is 3.59. The number of carbonyl (C=O) groups excluding carboxylic acids is 1. The van der Waals surface area contributed by atoms with Gasteiger partial charge in [-0.15, -0.1) is 0 Å². The molecule has 1 atom stereocenters. The van der Waals surface area contributed by atoms with E-state index in [0.29, 0.717) is 6.61 Å². The fourth-order valence-electron chi connectivity index (χ4n) is 1.59. The highest BCUT2D eigenvalue weighted by Crippen LogP contribution is 2.23. The van der Waals surface area contributed by atoms with Crippen molar-refractivity contribution in [2.24, 2.45) is 0 Å². The van der Waals surface area contributed by atoms with Crippen LogP contribution < -0.4 is 0 Å². The van der Waals surface area contributed by atoms with E-state index in [0.717, 1.165) is 18.9 Å². The van der Waals surface area contributed by atoms with Crippen molar-refractivity contribution in [2.75, 3.05) is 6.61 Å². The summed E-state index contributed by atoms with van der Waals surface area (Å²) in [5.74, 6) is -2.53. The van der Waals surface area contributed by atoms with E-state index in [2.05, 4.69) is 0 Å². The Morgan fingerprint density at radius 1 is 1.42 bits per heavy atom. The van der Waals surface area contributed by atoms with Crippen molar-refractivity contribution in [3.8, 4) is 0 Å². The molecule has 0 aliphatic carbocycles. The van der Waals surface area contributed by atoms with E-state index >= 15 is 0 Å². The Hall–Kier alpha value is -1.49. The van der Waals surface area contributed by atoms with Gasteiger partial charge in [0, 0.05) is 12.0 Å². The van der Waals surface area contributed by atoms with Crippen LogP contribution in [0.2, 0.25) is 0 Å². The number of aliphatic hydroxyl groups is 1. The molecule has 3 nitrogen and oxygen atoms in total. The SMILES string of the molecule is CCCCOC(=O)CCC(O)c1cccc(F)c1F.